The van der Waals surface area contributed by atoms with E-state index < -0.39 is 216 Å². The number of carbonyl (C=O) groups excluding carboxylic acids is 8. The highest BCUT2D eigenvalue weighted by atomic mass is 35.5. The largest absolute Gasteiger partial charge is 0.508 e. The Morgan fingerprint density at radius 2 is 1.36 bits per heavy atom. The highest BCUT2D eigenvalue weighted by molar-refractivity contribution is 7.98. The van der Waals surface area contributed by atoms with Crippen molar-refractivity contribution in [2.45, 2.75) is 220 Å². The van der Waals surface area contributed by atoms with Crippen LogP contribution in [0.3, 0.4) is 0 Å². The van der Waals surface area contributed by atoms with Gasteiger partial charge in [-0.1, -0.05) is 62.2 Å². The lowest BCUT2D eigenvalue weighted by Gasteiger charge is -2.54. The van der Waals surface area contributed by atoms with Crippen LogP contribution in [0.1, 0.15) is 176 Å². The second-order valence-electron chi connectivity index (χ2n) is 34.6. The van der Waals surface area contributed by atoms with E-state index in [0.29, 0.717) is 54.9 Å². The number of aliphatic hydroxyl groups excluding tert-OH is 6. The average Bonchev–Trinajstić information content (AvgIpc) is 0.756. The topological polar surface area (TPSA) is 495 Å². The van der Waals surface area contributed by atoms with Gasteiger partial charge in [0.15, 0.2) is 41.2 Å². The number of aliphatic hydroxyl groups is 6. The van der Waals surface area contributed by atoms with E-state index in [9.17, 15) is 55.5 Å². The Bertz CT molecular complexity index is 4960. The number of nitrogens with one attached hydrogen (secondary N) is 5. The van der Waals surface area contributed by atoms with E-state index in [1.54, 1.807) is 31.2 Å². The van der Waals surface area contributed by atoms with E-state index in [0.717, 1.165) is 74.4 Å². The van der Waals surface area contributed by atoms with Gasteiger partial charge in [-0.2, -0.15) is 0 Å². The number of halogens is 2. The highest BCUT2D eigenvalue weighted by Gasteiger charge is 2.53. The first-order valence-corrected chi connectivity index (χ1v) is 43.3. The number of ether oxygens (including phenoxy) is 7. The third-order valence-corrected chi connectivity index (χ3v) is 26.7. The second kappa shape index (κ2) is 37.9. The summed E-state index contributed by atoms with van der Waals surface area (Å²) < 4.78 is 47.8. The quantitative estimate of drug-likeness (QED) is 0.0237. The van der Waals surface area contributed by atoms with Crippen molar-refractivity contribution in [1.82, 2.24) is 26.0 Å². The summed E-state index contributed by atoms with van der Waals surface area (Å²) in [5.74, 6) is -14.6. The molecule has 18 atom stereocenters. The number of ketones is 3. The maximum absolute atomic E-state index is 16.8. The summed E-state index contributed by atoms with van der Waals surface area (Å²) in [5, 5.41) is 118. The predicted molar refractivity (Wildman–Crippen MR) is 446 cm³/mol. The number of Topliss-reactive ketones (excluding diaryl/α,β-unsaturated/α-hetero) is 3. The van der Waals surface area contributed by atoms with Crippen LogP contribution in [-0.4, -0.2) is 179 Å². The molecule has 2 saturated heterocycles. The van der Waals surface area contributed by atoms with E-state index >= 15 is 28.8 Å². The lowest BCUT2D eigenvalue weighted by atomic mass is 9.51. The van der Waals surface area contributed by atoms with E-state index in [1.807, 2.05) is 13.8 Å². The Morgan fingerprint density at radius 1 is 0.707 bits per heavy atom. The first-order valence-electron chi connectivity index (χ1n) is 41.8. The van der Waals surface area contributed by atoms with Crippen molar-refractivity contribution < 1.29 is 117 Å². The molecule has 4 aliphatic carbocycles. The van der Waals surface area contributed by atoms with Gasteiger partial charge in [0.1, 0.15) is 89.2 Å². The molecule has 11 aliphatic rings. The number of fused-ring (bicyclic) bond motifs is 15. The van der Waals surface area contributed by atoms with Crippen molar-refractivity contribution in [2.75, 3.05) is 19.8 Å². The Kier molecular flexibility index (Phi) is 27.7. The van der Waals surface area contributed by atoms with E-state index in [2.05, 4.69) is 26.0 Å². The average molecular weight is 1760 g/mol. The minimum Gasteiger partial charge on any atom is -0.508 e. The fraction of sp³-hybridized carbons (Fsp3) is 0.506. The van der Waals surface area contributed by atoms with Crippen molar-refractivity contribution in [3.8, 4) is 62.9 Å². The summed E-state index contributed by atoms with van der Waals surface area (Å²) in [4.78, 5) is 126. The maximum atomic E-state index is 16.8. The predicted octanol–water partition coefficient (Wildman–Crippen LogP) is 8.53. The molecule has 7 aliphatic heterocycles. The smallest absolute Gasteiger partial charge is 0.246 e. The Hall–Kier alpha value is -9.23. The Balaban J connectivity index is 0.959. The van der Waals surface area contributed by atoms with Gasteiger partial charge in [-0.25, -0.2) is 0 Å². The molecule has 6 aromatic carbocycles. The monoisotopic (exact) mass is 1760 g/mol. The number of rotatable bonds is 21. The van der Waals surface area contributed by atoms with Crippen LogP contribution in [0.25, 0.3) is 11.1 Å². The van der Waals surface area contributed by atoms with Crippen LogP contribution in [0.5, 0.6) is 51.7 Å². The molecule has 34 heteroatoms. The summed E-state index contributed by atoms with van der Waals surface area (Å²) in [7, 11) is 0. The molecule has 0 radical (unpaired) electrons. The SMILES string of the molecule is CC[C@@H](CC(C)C)C(=O)N[C@H]1C(=O)C[C@@H](CC(=O)NSc2ccc(OCCCN)cc2)C(=O)N[C@H]2C(=O)C[C@@H]3C(=O)N[C@@H](C(=O)N[C@H](C(=O)CC4C5CC6CC(C5)CC4C6)c4cc(O)cc(O)c4-c4cc3ccc4O)[C@@H](O)c3ccc(c(Cl)c3)Oc3cc2cc(c3O[C@@H]2O[C@H](CO)[C@H](O)[C@H](O)[C@@H]2O[C@H]2C[C@](C)(N)[C@H](O)[C@H](C)O2)Oc2ccc(cc2Cl)[C@H]1O. The molecule has 18 N–H and O–H groups in total. The van der Waals surface area contributed by atoms with Crippen LogP contribution >= 0.6 is 35.1 Å². The zero-order valence-corrected chi connectivity index (χ0v) is 70.7. The summed E-state index contributed by atoms with van der Waals surface area (Å²) >= 11 is 15.4. The molecule has 7 heterocycles. The van der Waals surface area contributed by atoms with Crippen LogP contribution < -0.4 is 56.4 Å². The normalized spacial score (nSPS) is 30.8. The molecule has 0 spiro atoms. The number of phenolic OH excluding ortho intramolecular Hbond substituents is 3. The summed E-state index contributed by atoms with van der Waals surface area (Å²) in [6, 6.07) is 14.2. The van der Waals surface area contributed by atoms with Crippen molar-refractivity contribution in [3.05, 3.63) is 141 Å². The number of aromatic hydroxyl groups is 3. The van der Waals surface area contributed by atoms with Crippen molar-refractivity contribution in [3.63, 3.8) is 0 Å². The van der Waals surface area contributed by atoms with Gasteiger partial charge in [-0.05, 0) is 226 Å². The molecular formula is C89H105Cl2N7O24S. The molecule has 4 saturated carbocycles. The first-order chi connectivity index (χ1) is 58.6. The number of hydrogen-bond acceptors (Lipinski definition) is 27. The summed E-state index contributed by atoms with van der Waals surface area (Å²) in [6.07, 6.45) is -14.3. The van der Waals surface area contributed by atoms with Crippen molar-refractivity contribution in [1.29, 1.82) is 0 Å². The van der Waals surface area contributed by atoms with Crippen molar-refractivity contribution >= 4 is 82.0 Å². The number of amides is 5. The lowest BCUT2D eigenvalue weighted by Crippen LogP contribution is -2.64. The van der Waals surface area contributed by atoms with Gasteiger partial charge >= 0.3 is 0 Å². The molecule has 6 fully saturated rings. The number of phenols is 3. The number of benzene rings is 6. The molecule has 5 amide bonds. The zero-order chi connectivity index (χ0) is 87.9. The third-order valence-electron chi connectivity index (χ3n) is 25.3. The van der Waals surface area contributed by atoms with Gasteiger partial charge in [-0.3, -0.25) is 43.1 Å². The third kappa shape index (κ3) is 19.7. The first kappa shape index (κ1) is 90.0. The van der Waals surface area contributed by atoms with Gasteiger partial charge in [0.05, 0.1) is 47.3 Å². The Labute approximate surface area is 724 Å². The summed E-state index contributed by atoms with van der Waals surface area (Å²) in [6.45, 7) is 8.40. The number of nitrogens with two attached hydrogens (primary N) is 2. The van der Waals surface area contributed by atoms with Crippen molar-refractivity contribution in [2.24, 2.45) is 58.8 Å². The van der Waals surface area contributed by atoms with Crippen LogP contribution in [0, 0.1) is 47.3 Å². The number of carbonyl (C=O) groups is 8. The molecule has 0 aromatic heterocycles. The molecule has 123 heavy (non-hydrogen) atoms. The van der Waals surface area contributed by atoms with E-state index in [1.165, 1.54) is 62.4 Å². The molecule has 0 unspecified atom stereocenters. The van der Waals surface area contributed by atoms with E-state index in [-0.39, 0.29) is 97.0 Å². The molecule has 15 bridgehead atoms. The van der Waals surface area contributed by atoms with Crippen LogP contribution in [0.2, 0.25) is 10.0 Å². The molecule has 660 valence electrons. The van der Waals surface area contributed by atoms with Crippen LogP contribution in [0.15, 0.2) is 108 Å². The fourth-order valence-electron chi connectivity index (χ4n) is 19.0. The van der Waals surface area contributed by atoms with Gasteiger partial charge in [0.2, 0.25) is 41.6 Å². The van der Waals surface area contributed by atoms with Gasteiger partial charge in [0, 0.05) is 65.6 Å². The molecule has 31 nitrogen and oxygen atoms in total. The van der Waals surface area contributed by atoms with Crippen LogP contribution in [0.4, 0.5) is 0 Å². The number of hydrogen-bond donors (Lipinski definition) is 16. The highest BCUT2D eigenvalue weighted by Crippen LogP contribution is 2.59. The fourth-order valence-corrected chi connectivity index (χ4v) is 20.1. The maximum Gasteiger partial charge on any atom is 0.246 e. The summed E-state index contributed by atoms with van der Waals surface area (Å²) in [5.41, 5.74) is 9.42. The van der Waals surface area contributed by atoms with Crippen LogP contribution in [-0.2, 0) is 52.6 Å². The minimum absolute atomic E-state index is 0.0270. The lowest BCUT2D eigenvalue weighted by molar-refractivity contribution is -0.333. The molecule has 17 rings (SSSR count). The minimum atomic E-state index is -2.19. The second-order valence-corrected chi connectivity index (χ2v) is 36.3. The van der Waals surface area contributed by atoms with Gasteiger partial charge in [-0.15, -0.1) is 0 Å². The standard InChI is InChI=1S/C89H105Cl2N7O24S/c1-6-43(20-39(2)3)84(112)96-75-62(103)29-50(32-70(106)98-123-53-13-11-52(12-14-53)116-19-7-18-92)85(113)94-73-49-30-67(118-65-16-9-45(77(75)107)27-58(65)90)81(122-88-82(80(110)79(109)69(38-99)120-88)121-71-37-89(5,93)83(111)40(4)117-71)68(31-49)119-66-17-10-46(28-59(66)91)78(108)76-87(115)95-74(64(105)35-54-47-22-41-21-42(24-47)25-48(54)23-41)57-33-51(100)34-61(102)72(57)56-26-44(8-15-60(56)101)55(36-63(73)104)86(114)97-76/h8-17,26-28,30-31,33-34,39-43,47-48,50,54-55,69,71,73-80,82-83,88,99-102,107-111H,6-7,18-25,29,32,35-38,92-93H2,1-5H3,(H,94,113)(H,95,115)(H,96,112)(H,97,114)(H,98,106)/t40-,41?,42?,43-,47?,48?,50-,54?,55-,69+,71-,73+,74-,75-,76+,77+,78-,79-,80-,82-,83+,88-,89-/m0/s1. The Morgan fingerprint density at radius 3 is 1.98 bits per heavy atom. The zero-order valence-electron chi connectivity index (χ0n) is 68.4. The van der Waals surface area contributed by atoms with E-state index in [4.69, 9.17) is 67.8 Å². The molecule has 6 aromatic rings. The van der Waals surface area contributed by atoms with Gasteiger partial charge < -0.3 is 112 Å². The molecular weight excluding hydrogens is 1650 g/mol. The van der Waals surface area contributed by atoms with Gasteiger partial charge in [0.25, 0.3) is 0 Å².